The lowest BCUT2D eigenvalue weighted by Crippen LogP contribution is -2.45. The van der Waals surface area contributed by atoms with Gasteiger partial charge in [0.2, 0.25) is 0 Å². The molecular weight excluding hydrogens is 337 g/mol. The number of carbonyl (C=O) groups is 2. The number of anilines is 1. The fourth-order valence-electron chi connectivity index (χ4n) is 2.57. The maximum absolute atomic E-state index is 13.2. The summed E-state index contributed by atoms with van der Waals surface area (Å²) in [7, 11) is 1.59. The molecule has 1 N–H and O–H groups in total. The van der Waals surface area contributed by atoms with Gasteiger partial charge >= 0.3 is 5.97 Å². The number of aromatic carboxylic acids is 1. The van der Waals surface area contributed by atoms with Crippen LogP contribution in [0.15, 0.2) is 36.4 Å². The van der Waals surface area contributed by atoms with E-state index in [9.17, 15) is 14.0 Å². The Morgan fingerprint density at radius 2 is 2.08 bits per heavy atom. The van der Waals surface area contributed by atoms with Crippen LogP contribution < -0.4 is 9.64 Å². The second-order valence-corrected chi connectivity index (χ2v) is 5.85. The number of rotatable bonds is 3. The molecule has 1 amide bonds. The van der Waals surface area contributed by atoms with Gasteiger partial charge in [-0.2, -0.15) is 0 Å². The van der Waals surface area contributed by atoms with E-state index in [1.807, 2.05) is 0 Å². The third-order valence-corrected chi connectivity index (χ3v) is 4.14. The Morgan fingerprint density at radius 1 is 1.33 bits per heavy atom. The van der Waals surface area contributed by atoms with Crippen LogP contribution >= 0.6 is 11.6 Å². The first-order chi connectivity index (χ1) is 11.4. The number of fused-ring (bicyclic) bond motifs is 1. The fourth-order valence-corrected chi connectivity index (χ4v) is 2.77. The summed E-state index contributed by atoms with van der Waals surface area (Å²) in [5.41, 5.74) is 1.21. The highest BCUT2D eigenvalue weighted by Gasteiger charge is 2.32. The lowest BCUT2D eigenvalue weighted by molar-refractivity contribution is -0.125. The van der Waals surface area contributed by atoms with E-state index in [1.165, 1.54) is 41.3 Å². The average molecular weight is 350 g/mol. The van der Waals surface area contributed by atoms with Gasteiger partial charge in [0.1, 0.15) is 11.6 Å². The summed E-state index contributed by atoms with van der Waals surface area (Å²) < 4.78 is 18.9. The van der Waals surface area contributed by atoms with Gasteiger partial charge in [-0.3, -0.25) is 4.79 Å². The molecule has 1 unspecified atom stereocenters. The van der Waals surface area contributed by atoms with Crippen molar-refractivity contribution in [2.45, 2.75) is 12.5 Å². The number of nitrogens with zero attached hydrogens (tertiary/aromatic N) is 1. The van der Waals surface area contributed by atoms with Crippen LogP contribution in [0.1, 0.15) is 15.9 Å². The number of benzene rings is 2. The molecule has 1 atom stereocenters. The molecule has 2 aromatic carbocycles. The summed E-state index contributed by atoms with van der Waals surface area (Å²) in [5.74, 6) is -1.58. The second kappa shape index (κ2) is 6.13. The van der Waals surface area contributed by atoms with Crippen LogP contribution in [0.4, 0.5) is 10.1 Å². The summed E-state index contributed by atoms with van der Waals surface area (Å²) in [5, 5.41) is 9.05. The van der Waals surface area contributed by atoms with Gasteiger partial charge in [-0.05, 0) is 35.9 Å². The van der Waals surface area contributed by atoms with Crippen LogP contribution in [-0.4, -0.2) is 30.1 Å². The van der Waals surface area contributed by atoms with E-state index in [0.29, 0.717) is 17.0 Å². The number of carbonyl (C=O) groups excluding carboxylic acids is 1. The highest BCUT2D eigenvalue weighted by molar-refractivity contribution is 6.30. The normalized spacial score (nSPS) is 16.5. The minimum Gasteiger partial charge on any atom is -0.478 e. The Hall–Kier alpha value is -2.60. The lowest BCUT2D eigenvalue weighted by atomic mass is 10.0. The first kappa shape index (κ1) is 16.3. The van der Waals surface area contributed by atoms with Crippen LogP contribution in [0, 0.1) is 5.82 Å². The van der Waals surface area contributed by atoms with E-state index in [1.54, 1.807) is 7.05 Å². The van der Waals surface area contributed by atoms with Crippen molar-refractivity contribution in [2.24, 2.45) is 0 Å². The largest absolute Gasteiger partial charge is 0.478 e. The Balaban J connectivity index is 1.90. The fraction of sp³-hybridized carbons (Fsp3) is 0.176. The molecular formula is C17H13ClFNO4. The summed E-state index contributed by atoms with van der Waals surface area (Å²) in [6.07, 6.45) is -0.645. The molecule has 1 aliphatic rings. The van der Waals surface area contributed by atoms with Gasteiger partial charge < -0.3 is 14.7 Å². The zero-order valence-corrected chi connectivity index (χ0v) is 13.4. The molecule has 0 aliphatic carbocycles. The number of amides is 1. The highest BCUT2D eigenvalue weighted by Crippen LogP contribution is 2.35. The van der Waals surface area contributed by atoms with Crippen molar-refractivity contribution < 1.29 is 23.8 Å². The van der Waals surface area contributed by atoms with Crippen molar-refractivity contribution in [3.8, 4) is 5.75 Å². The van der Waals surface area contributed by atoms with Crippen LogP contribution in [0.2, 0.25) is 5.02 Å². The quantitative estimate of drug-likeness (QED) is 0.924. The molecule has 0 radical (unpaired) electrons. The number of hydrogen-bond donors (Lipinski definition) is 1. The molecule has 1 heterocycles. The monoisotopic (exact) mass is 349 g/mol. The minimum absolute atomic E-state index is 0.0299. The lowest BCUT2D eigenvalue weighted by Gasteiger charge is -2.32. The summed E-state index contributed by atoms with van der Waals surface area (Å²) in [4.78, 5) is 24.9. The van der Waals surface area contributed by atoms with Gasteiger partial charge in [-0.15, -0.1) is 0 Å². The van der Waals surface area contributed by atoms with Crippen molar-refractivity contribution in [2.75, 3.05) is 11.9 Å². The van der Waals surface area contributed by atoms with Crippen LogP contribution in [0.25, 0.3) is 0 Å². The van der Waals surface area contributed by atoms with Gasteiger partial charge in [-0.1, -0.05) is 17.7 Å². The van der Waals surface area contributed by atoms with Crippen LogP contribution in [0.5, 0.6) is 5.75 Å². The van der Waals surface area contributed by atoms with Crippen molar-refractivity contribution in [1.29, 1.82) is 0 Å². The summed E-state index contributed by atoms with van der Waals surface area (Å²) in [6, 6.07) is 8.52. The number of carboxylic acid groups (broad SMARTS) is 1. The number of likely N-dealkylation sites (N-methyl/N-ethyl adjacent to an activating group) is 1. The van der Waals surface area contributed by atoms with Crippen molar-refractivity contribution in [3.05, 3.63) is 58.4 Å². The van der Waals surface area contributed by atoms with E-state index in [0.717, 1.165) is 0 Å². The van der Waals surface area contributed by atoms with Gasteiger partial charge in [-0.25, -0.2) is 9.18 Å². The molecule has 7 heteroatoms. The zero-order valence-electron chi connectivity index (χ0n) is 12.6. The number of halogens is 2. The molecule has 0 fully saturated rings. The molecule has 1 aliphatic heterocycles. The topological polar surface area (TPSA) is 66.8 Å². The van der Waals surface area contributed by atoms with E-state index in [-0.39, 0.29) is 22.9 Å². The Kier molecular flexibility index (Phi) is 4.15. The summed E-state index contributed by atoms with van der Waals surface area (Å²) in [6.45, 7) is 0. The van der Waals surface area contributed by atoms with E-state index in [4.69, 9.17) is 21.4 Å². The predicted octanol–water partition coefficient (Wildman–Crippen LogP) is 3.14. The molecule has 124 valence electrons. The minimum atomic E-state index is -1.08. The van der Waals surface area contributed by atoms with Gasteiger partial charge in [0.15, 0.2) is 6.10 Å². The van der Waals surface area contributed by atoms with E-state index < -0.39 is 17.9 Å². The average Bonchev–Trinajstić information content (AvgIpc) is 2.55. The van der Waals surface area contributed by atoms with E-state index in [2.05, 4.69) is 0 Å². The van der Waals surface area contributed by atoms with Gasteiger partial charge in [0, 0.05) is 13.5 Å². The first-order valence-corrected chi connectivity index (χ1v) is 7.50. The molecule has 3 rings (SSSR count). The molecule has 0 saturated heterocycles. The molecule has 0 spiro atoms. The summed E-state index contributed by atoms with van der Waals surface area (Å²) >= 11 is 5.76. The molecule has 24 heavy (non-hydrogen) atoms. The first-order valence-electron chi connectivity index (χ1n) is 7.12. The Labute approximate surface area is 142 Å². The maximum Gasteiger partial charge on any atom is 0.335 e. The molecule has 2 aromatic rings. The molecule has 0 aromatic heterocycles. The molecule has 5 nitrogen and oxygen atoms in total. The number of carboxylic acids is 1. The highest BCUT2D eigenvalue weighted by atomic mass is 35.5. The standard InChI is InChI=1S/C17H13ClFNO4/c1-20-13-5-3-10(17(22)23)8-14(13)24-15(16(20)21)7-9-2-4-12(19)11(18)6-9/h2-6,8,15H,7H2,1H3,(H,22,23). The number of ether oxygens (including phenoxy) is 1. The van der Waals surface area contributed by atoms with Gasteiger partial charge in [0.05, 0.1) is 16.3 Å². The van der Waals surface area contributed by atoms with Crippen LogP contribution in [0.3, 0.4) is 0 Å². The zero-order chi connectivity index (χ0) is 17.4. The third kappa shape index (κ3) is 2.92. The van der Waals surface area contributed by atoms with Gasteiger partial charge in [0.25, 0.3) is 5.91 Å². The second-order valence-electron chi connectivity index (χ2n) is 5.44. The van der Waals surface area contributed by atoms with E-state index >= 15 is 0 Å². The molecule has 0 saturated carbocycles. The third-order valence-electron chi connectivity index (χ3n) is 3.85. The predicted molar refractivity (Wildman–Crippen MR) is 86.3 cm³/mol. The molecule has 0 bridgehead atoms. The van der Waals surface area contributed by atoms with Crippen LogP contribution in [-0.2, 0) is 11.2 Å². The Bertz CT molecular complexity index is 839. The van der Waals surface area contributed by atoms with Crippen molar-refractivity contribution >= 4 is 29.2 Å². The SMILES string of the molecule is CN1C(=O)C(Cc2ccc(F)c(Cl)c2)Oc2cc(C(=O)O)ccc21. The smallest absolute Gasteiger partial charge is 0.335 e. The maximum atomic E-state index is 13.2. The Morgan fingerprint density at radius 3 is 2.75 bits per heavy atom. The van der Waals surface area contributed by atoms with Crippen molar-refractivity contribution in [1.82, 2.24) is 0 Å². The number of hydrogen-bond acceptors (Lipinski definition) is 3. The van der Waals surface area contributed by atoms with Crippen molar-refractivity contribution in [3.63, 3.8) is 0 Å².